The molecule has 0 amide bonds. The summed E-state index contributed by atoms with van der Waals surface area (Å²) >= 11 is -0.578. The molecule has 0 atom stereocenters. The summed E-state index contributed by atoms with van der Waals surface area (Å²) in [6, 6.07) is 31.6. The van der Waals surface area contributed by atoms with Gasteiger partial charge in [-0.05, 0) is 0 Å². The Hall–Kier alpha value is -1.86. The molecular formula is C18H16AuN3P. The molecule has 0 aliphatic heterocycles. The van der Waals surface area contributed by atoms with E-state index in [9.17, 15) is 0 Å². The second-order valence-corrected chi connectivity index (χ2v) is 14.7. The fourth-order valence-electron chi connectivity index (χ4n) is 2.64. The molecule has 0 aliphatic carbocycles. The third-order valence-corrected chi connectivity index (χ3v) is 15.8. The standard InChI is InChI=1S/C18H15P.Au.N3/c1-4-10-16(11-5-1)19(17-12-6-2-7-13-17)18-14-8-3-9-15-18;;1-3-2/h1-15H;;/q;;-1/p+1. The van der Waals surface area contributed by atoms with Gasteiger partial charge in [-0.2, -0.15) is 0 Å². The molecule has 0 unspecified atom stereocenters. The summed E-state index contributed by atoms with van der Waals surface area (Å²) in [4.78, 5) is 3.10. The van der Waals surface area contributed by atoms with Crippen LogP contribution in [-0.4, -0.2) is 0 Å². The predicted molar refractivity (Wildman–Crippen MR) is 95.7 cm³/mol. The first-order valence-electron chi connectivity index (χ1n) is 7.17. The van der Waals surface area contributed by atoms with E-state index in [1.165, 1.54) is 15.9 Å². The van der Waals surface area contributed by atoms with Crippen molar-refractivity contribution in [3.63, 3.8) is 0 Å². The van der Waals surface area contributed by atoms with Gasteiger partial charge in [0.2, 0.25) is 0 Å². The Bertz CT molecular complexity index is 707. The molecule has 0 saturated heterocycles. The number of azide groups is 1. The molecule has 3 rings (SSSR count). The number of rotatable bonds is 5. The van der Waals surface area contributed by atoms with E-state index in [2.05, 4.69) is 81.2 Å². The van der Waals surface area contributed by atoms with Crippen LogP contribution in [0.15, 0.2) is 94.5 Å². The van der Waals surface area contributed by atoms with Crippen LogP contribution < -0.4 is 15.9 Å². The number of hydrogen-bond acceptors (Lipinski definition) is 1. The molecule has 3 aromatic carbocycles. The molecule has 0 N–H and O–H groups in total. The van der Waals surface area contributed by atoms with Gasteiger partial charge in [0.05, 0.1) is 0 Å². The molecule has 0 bridgehead atoms. The second-order valence-electron chi connectivity index (χ2n) is 4.92. The van der Waals surface area contributed by atoms with Crippen molar-refractivity contribution in [2.45, 2.75) is 0 Å². The van der Waals surface area contributed by atoms with Crippen molar-refractivity contribution < 1.29 is 19.5 Å². The van der Waals surface area contributed by atoms with E-state index in [0.29, 0.717) is 0 Å². The number of benzene rings is 3. The van der Waals surface area contributed by atoms with Gasteiger partial charge in [0.1, 0.15) is 0 Å². The third kappa shape index (κ3) is 3.25. The van der Waals surface area contributed by atoms with E-state index in [1.807, 2.05) is 18.2 Å². The van der Waals surface area contributed by atoms with E-state index >= 15 is 0 Å². The first-order valence-corrected chi connectivity index (χ1v) is 13.2. The summed E-state index contributed by atoms with van der Waals surface area (Å²) < 4.78 is 4.11. The van der Waals surface area contributed by atoms with Crippen LogP contribution in [0, 0.1) is 0 Å². The summed E-state index contributed by atoms with van der Waals surface area (Å²) in [6.07, 6.45) is 0. The first kappa shape index (κ1) is 16.0. The van der Waals surface area contributed by atoms with Crippen LogP contribution in [0.25, 0.3) is 10.4 Å². The molecule has 0 fully saturated rings. The van der Waals surface area contributed by atoms with Crippen LogP contribution in [-0.2, 0) is 19.5 Å². The number of hydrogen-bond donors (Lipinski definition) is 0. The fourth-order valence-corrected chi connectivity index (χ4v) is 12.9. The van der Waals surface area contributed by atoms with E-state index in [-0.39, 0.29) is 0 Å². The molecule has 23 heavy (non-hydrogen) atoms. The van der Waals surface area contributed by atoms with Crippen molar-refractivity contribution in [3.05, 3.63) is 101 Å². The third-order valence-electron chi connectivity index (χ3n) is 3.61. The average Bonchev–Trinajstić information content (AvgIpc) is 2.65. The van der Waals surface area contributed by atoms with E-state index < -0.39 is 24.6 Å². The van der Waals surface area contributed by atoms with Gasteiger partial charge < -0.3 is 0 Å². The fraction of sp³-hybridized carbons (Fsp3) is 0. The Morgan fingerprint density at radius 3 is 1.30 bits per heavy atom. The van der Waals surface area contributed by atoms with Crippen LogP contribution in [0.2, 0.25) is 0 Å². The topological polar surface area (TPSA) is 48.8 Å². The molecule has 0 aromatic heterocycles. The van der Waals surface area contributed by atoms with Gasteiger partial charge in [0, 0.05) is 0 Å². The van der Waals surface area contributed by atoms with E-state index in [1.54, 1.807) is 0 Å². The summed E-state index contributed by atoms with van der Waals surface area (Å²) in [7, 11) is 0. The van der Waals surface area contributed by atoms with Crippen LogP contribution in [0.3, 0.4) is 0 Å². The Morgan fingerprint density at radius 2 is 1.00 bits per heavy atom. The minimum atomic E-state index is -2.27. The van der Waals surface area contributed by atoms with Crippen LogP contribution in [0.5, 0.6) is 0 Å². The molecule has 5 heteroatoms. The zero-order valence-electron chi connectivity index (χ0n) is 12.3. The molecule has 0 aliphatic rings. The molecule has 0 radical (unpaired) electrons. The van der Waals surface area contributed by atoms with Crippen molar-refractivity contribution in [2.75, 3.05) is 0 Å². The molecular weight excluding hydrogens is 486 g/mol. The second kappa shape index (κ2) is 7.61. The molecule has 0 spiro atoms. The van der Waals surface area contributed by atoms with Gasteiger partial charge >= 0.3 is 146 Å². The molecule has 0 heterocycles. The Morgan fingerprint density at radius 1 is 0.652 bits per heavy atom. The van der Waals surface area contributed by atoms with Crippen molar-refractivity contribution in [2.24, 2.45) is 3.52 Å². The SMILES string of the molecule is [N-]=[N+]=[N][Au][PH](c1ccccc1)(c1ccccc1)c1ccccc1. The van der Waals surface area contributed by atoms with E-state index in [4.69, 9.17) is 5.53 Å². The van der Waals surface area contributed by atoms with Crippen LogP contribution in [0.1, 0.15) is 0 Å². The quantitative estimate of drug-likeness (QED) is 0.167. The van der Waals surface area contributed by atoms with Crippen molar-refractivity contribution >= 4 is 21.1 Å². The monoisotopic (exact) mass is 502 g/mol. The molecule has 3 aromatic rings. The Kier molecular flexibility index (Phi) is 5.30. The minimum absolute atomic E-state index is 0.578. The number of nitrogens with zero attached hydrogens (tertiary/aromatic N) is 3. The van der Waals surface area contributed by atoms with E-state index in [0.717, 1.165) is 0 Å². The summed E-state index contributed by atoms with van der Waals surface area (Å²) in [5.74, 6) is 0. The average molecular weight is 502 g/mol. The zero-order chi connectivity index (χ0) is 16.0. The molecule has 0 saturated carbocycles. The van der Waals surface area contributed by atoms with Crippen molar-refractivity contribution in [3.8, 4) is 0 Å². The van der Waals surface area contributed by atoms with Crippen LogP contribution in [0.4, 0.5) is 0 Å². The zero-order valence-corrected chi connectivity index (χ0v) is 15.5. The van der Waals surface area contributed by atoms with Gasteiger partial charge in [-0.15, -0.1) is 0 Å². The maximum atomic E-state index is 8.98. The predicted octanol–water partition coefficient (Wildman–Crippen LogP) is 3.94. The van der Waals surface area contributed by atoms with Gasteiger partial charge in [-0.3, -0.25) is 0 Å². The van der Waals surface area contributed by atoms with Gasteiger partial charge in [0.25, 0.3) is 0 Å². The van der Waals surface area contributed by atoms with Crippen molar-refractivity contribution in [1.82, 2.24) is 0 Å². The summed E-state index contributed by atoms with van der Waals surface area (Å²) in [5, 5.41) is 1.62. The van der Waals surface area contributed by atoms with Crippen molar-refractivity contribution in [1.29, 1.82) is 0 Å². The molecule has 119 valence electrons. The Balaban J connectivity index is 2.32. The normalized spacial score (nSPS) is 11.7. The Labute approximate surface area is 145 Å². The summed E-state index contributed by atoms with van der Waals surface area (Å²) in [6.45, 7) is 0. The summed E-state index contributed by atoms with van der Waals surface area (Å²) in [5.41, 5.74) is 8.98. The van der Waals surface area contributed by atoms with Gasteiger partial charge in [-0.25, -0.2) is 0 Å². The van der Waals surface area contributed by atoms with Gasteiger partial charge in [-0.1, -0.05) is 0 Å². The van der Waals surface area contributed by atoms with Gasteiger partial charge in [0.15, 0.2) is 0 Å². The molecule has 3 nitrogen and oxygen atoms in total. The first-order chi connectivity index (χ1) is 11.4. The van der Waals surface area contributed by atoms with Crippen LogP contribution >= 0.6 is 5.15 Å². The maximum absolute atomic E-state index is 8.98.